The lowest BCUT2D eigenvalue weighted by Gasteiger charge is -2.09. The summed E-state index contributed by atoms with van der Waals surface area (Å²) in [6.07, 6.45) is 2.94. The predicted molar refractivity (Wildman–Crippen MR) is 126 cm³/mol. The molecule has 0 aliphatic heterocycles. The summed E-state index contributed by atoms with van der Waals surface area (Å²) < 4.78 is 11.5. The van der Waals surface area contributed by atoms with Crippen molar-refractivity contribution in [3.8, 4) is 17.2 Å². The number of aromatic hydroxyl groups is 1. The smallest absolute Gasteiger partial charge is 0.297 e. The summed E-state index contributed by atoms with van der Waals surface area (Å²) in [6.45, 7) is 4.27. The van der Waals surface area contributed by atoms with E-state index in [1.165, 1.54) is 17.6 Å². The van der Waals surface area contributed by atoms with E-state index < -0.39 is 0 Å². The third-order valence-corrected chi connectivity index (χ3v) is 5.95. The molecule has 160 valence electrons. The molecule has 6 heteroatoms. The van der Waals surface area contributed by atoms with Gasteiger partial charge in [0, 0.05) is 15.6 Å². The highest BCUT2D eigenvalue weighted by atomic mass is 32.1. The number of ether oxygens (including phenoxy) is 2. The van der Waals surface area contributed by atoms with Gasteiger partial charge in [-0.25, -0.2) is 0 Å². The third kappa shape index (κ3) is 4.55. The van der Waals surface area contributed by atoms with Gasteiger partial charge in [-0.05, 0) is 68.0 Å². The fourth-order valence-corrected chi connectivity index (χ4v) is 4.59. The fourth-order valence-electron chi connectivity index (χ4n) is 3.46. The van der Waals surface area contributed by atoms with E-state index in [4.69, 9.17) is 4.74 Å². The molecule has 0 bridgehead atoms. The monoisotopic (exact) mass is 444 g/mol. The lowest BCUT2D eigenvalue weighted by molar-refractivity contribution is -0.123. The molecule has 0 unspecified atom stereocenters. The Balaban J connectivity index is 1.74. The summed E-state index contributed by atoms with van der Waals surface area (Å²) in [5.74, 6) is 1.02. The number of phenolic OH excluding ortho intramolecular Hbond substituents is 1. The molecule has 0 spiro atoms. The maximum Gasteiger partial charge on any atom is 0.297 e. The standard InChI is InChI=1S/C26H20O5S/c1-16-11-17(2)13-19(12-16)24(29)26-25(22-8-5-20(28)14-23(22)32-26)31-21-6-3-18(4-7-21)9-10-30-15-27/h3-15,28H,1-2H3/b10-9+. The van der Waals surface area contributed by atoms with Crippen LogP contribution in [0.5, 0.6) is 17.2 Å². The van der Waals surface area contributed by atoms with Gasteiger partial charge in [-0.15, -0.1) is 11.3 Å². The summed E-state index contributed by atoms with van der Waals surface area (Å²) >= 11 is 1.29. The van der Waals surface area contributed by atoms with Crippen LogP contribution in [0.25, 0.3) is 16.2 Å². The molecule has 1 N–H and O–H groups in total. The Labute approximate surface area is 189 Å². The Kier molecular flexibility index (Phi) is 6.05. The molecule has 5 nitrogen and oxygen atoms in total. The molecule has 0 saturated carbocycles. The van der Waals surface area contributed by atoms with Gasteiger partial charge in [-0.3, -0.25) is 9.59 Å². The first-order valence-corrected chi connectivity index (χ1v) is 10.7. The van der Waals surface area contributed by atoms with Crippen molar-refractivity contribution < 1.29 is 24.2 Å². The Morgan fingerprint density at radius 1 is 0.969 bits per heavy atom. The van der Waals surface area contributed by atoms with Crippen molar-refractivity contribution in [2.75, 3.05) is 0 Å². The fraction of sp³-hybridized carbons (Fsp3) is 0.0769. The summed E-state index contributed by atoms with van der Waals surface area (Å²) in [5.41, 5.74) is 3.44. The van der Waals surface area contributed by atoms with Crippen LogP contribution in [0.15, 0.2) is 66.9 Å². The molecule has 1 aromatic heterocycles. The number of hydrogen-bond acceptors (Lipinski definition) is 6. The molecular formula is C26H20O5S. The zero-order chi connectivity index (χ0) is 22.7. The van der Waals surface area contributed by atoms with Gasteiger partial charge >= 0.3 is 0 Å². The zero-order valence-corrected chi connectivity index (χ0v) is 18.3. The van der Waals surface area contributed by atoms with Crippen LogP contribution in [-0.2, 0) is 9.53 Å². The second-order valence-electron chi connectivity index (χ2n) is 7.35. The highest BCUT2D eigenvalue weighted by Gasteiger charge is 2.22. The number of fused-ring (bicyclic) bond motifs is 1. The Hall–Kier alpha value is -3.90. The van der Waals surface area contributed by atoms with Crippen molar-refractivity contribution in [3.63, 3.8) is 0 Å². The number of phenols is 1. The maximum absolute atomic E-state index is 13.4. The van der Waals surface area contributed by atoms with Gasteiger partial charge in [0.25, 0.3) is 6.47 Å². The van der Waals surface area contributed by atoms with Crippen molar-refractivity contribution >= 4 is 39.8 Å². The first kappa shape index (κ1) is 21.3. The highest BCUT2D eigenvalue weighted by Crippen LogP contribution is 2.42. The van der Waals surface area contributed by atoms with Gasteiger partial charge in [0.1, 0.15) is 16.4 Å². The van der Waals surface area contributed by atoms with Gasteiger partial charge in [0.2, 0.25) is 5.78 Å². The number of thiophene rings is 1. The van der Waals surface area contributed by atoms with E-state index in [1.807, 2.05) is 44.2 Å². The average Bonchev–Trinajstić information content (AvgIpc) is 3.11. The summed E-state index contributed by atoms with van der Waals surface area (Å²) in [7, 11) is 0. The van der Waals surface area contributed by atoms with Crippen LogP contribution >= 0.6 is 11.3 Å². The van der Waals surface area contributed by atoms with Crippen LogP contribution in [0.2, 0.25) is 0 Å². The van der Waals surface area contributed by atoms with Crippen molar-refractivity contribution in [1.82, 2.24) is 0 Å². The van der Waals surface area contributed by atoms with Gasteiger partial charge in [0.05, 0.1) is 6.26 Å². The van der Waals surface area contributed by atoms with Crippen molar-refractivity contribution in [1.29, 1.82) is 0 Å². The second-order valence-corrected chi connectivity index (χ2v) is 8.40. The third-order valence-electron chi connectivity index (χ3n) is 4.81. The minimum Gasteiger partial charge on any atom is -0.508 e. The summed E-state index contributed by atoms with van der Waals surface area (Å²) in [4.78, 5) is 24.2. The van der Waals surface area contributed by atoms with Crippen molar-refractivity contribution in [2.45, 2.75) is 13.8 Å². The summed E-state index contributed by atoms with van der Waals surface area (Å²) in [5, 5.41) is 10.7. The van der Waals surface area contributed by atoms with Gasteiger partial charge < -0.3 is 14.6 Å². The van der Waals surface area contributed by atoms with E-state index in [0.717, 1.165) is 26.8 Å². The maximum atomic E-state index is 13.4. The van der Waals surface area contributed by atoms with E-state index in [0.29, 0.717) is 28.4 Å². The lowest BCUT2D eigenvalue weighted by Crippen LogP contribution is -2.02. The molecule has 0 radical (unpaired) electrons. The van der Waals surface area contributed by atoms with E-state index in [1.54, 1.807) is 36.4 Å². The van der Waals surface area contributed by atoms with E-state index in [-0.39, 0.29) is 11.5 Å². The van der Waals surface area contributed by atoms with Crippen molar-refractivity contribution in [3.05, 3.63) is 94.1 Å². The number of aryl methyl sites for hydroxylation is 2. The molecule has 4 aromatic rings. The predicted octanol–water partition coefficient (Wildman–Crippen LogP) is 6.39. The molecule has 0 amide bonds. The van der Waals surface area contributed by atoms with Crippen LogP contribution in [0.4, 0.5) is 0 Å². The van der Waals surface area contributed by atoms with E-state index in [9.17, 15) is 14.7 Å². The number of carbonyl (C=O) groups excluding carboxylic acids is 2. The molecular weight excluding hydrogens is 424 g/mol. The minimum absolute atomic E-state index is 0.127. The van der Waals surface area contributed by atoms with Gasteiger partial charge in [-0.2, -0.15) is 0 Å². The van der Waals surface area contributed by atoms with E-state index in [2.05, 4.69) is 4.74 Å². The van der Waals surface area contributed by atoms with Crippen LogP contribution in [0.3, 0.4) is 0 Å². The topological polar surface area (TPSA) is 72.8 Å². The second kappa shape index (κ2) is 9.08. The van der Waals surface area contributed by atoms with Crippen molar-refractivity contribution in [2.24, 2.45) is 0 Å². The van der Waals surface area contributed by atoms with Gasteiger partial charge in [0.15, 0.2) is 5.75 Å². The minimum atomic E-state index is -0.127. The van der Waals surface area contributed by atoms with Crippen LogP contribution in [-0.4, -0.2) is 17.4 Å². The molecule has 4 rings (SSSR count). The molecule has 32 heavy (non-hydrogen) atoms. The first-order chi connectivity index (χ1) is 15.4. The largest absolute Gasteiger partial charge is 0.508 e. The number of rotatable bonds is 7. The number of carbonyl (C=O) groups is 2. The zero-order valence-electron chi connectivity index (χ0n) is 17.5. The molecule has 3 aromatic carbocycles. The molecule has 0 aliphatic carbocycles. The van der Waals surface area contributed by atoms with E-state index >= 15 is 0 Å². The molecule has 1 heterocycles. The Morgan fingerprint density at radius 2 is 1.69 bits per heavy atom. The van der Waals surface area contributed by atoms with Crippen LogP contribution in [0.1, 0.15) is 31.9 Å². The molecule has 0 saturated heterocycles. The SMILES string of the molecule is Cc1cc(C)cc(C(=O)c2sc3cc(O)ccc3c2Oc2ccc(/C=C/OC=O)cc2)c1. The first-order valence-electron chi connectivity index (χ1n) is 9.86. The normalized spacial score (nSPS) is 11.1. The number of hydrogen-bond donors (Lipinski definition) is 1. The molecule has 0 fully saturated rings. The highest BCUT2D eigenvalue weighted by molar-refractivity contribution is 7.21. The quantitative estimate of drug-likeness (QED) is 0.203. The lowest BCUT2D eigenvalue weighted by atomic mass is 10.0. The number of benzene rings is 3. The molecule has 0 aliphatic rings. The molecule has 0 atom stereocenters. The summed E-state index contributed by atoms with van der Waals surface area (Å²) in [6, 6.07) is 17.9. The van der Waals surface area contributed by atoms with Crippen LogP contribution < -0.4 is 4.74 Å². The number of ketones is 1. The Morgan fingerprint density at radius 3 is 2.38 bits per heavy atom. The Bertz CT molecular complexity index is 1310. The average molecular weight is 445 g/mol. The van der Waals surface area contributed by atoms with Crippen LogP contribution in [0, 0.1) is 13.8 Å². The van der Waals surface area contributed by atoms with Gasteiger partial charge in [-0.1, -0.05) is 29.3 Å².